The van der Waals surface area contributed by atoms with Crippen molar-refractivity contribution in [1.82, 2.24) is 5.32 Å². The average Bonchev–Trinajstić information content (AvgIpc) is 2.73. The molecule has 4 nitrogen and oxygen atoms in total. The van der Waals surface area contributed by atoms with Crippen LogP contribution in [0.25, 0.3) is 0 Å². The van der Waals surface area contributed by atoms with E-state index in [0.29, 0.717) is 0 Å². The van der Waals surface area contributed by atoms with Gasteiger partial charge in [-0.3, -0.25) is 4.79 Å². The van der Waals surface area contributed by atoms with Gasteiger partial charge in [0.2, 0.25) is 5.91 Å². The molecule has 0 aromatic heterocycles. The van der Waals surface area contributed by atoms with Crippen molar-refractivity contribution < 1.29 is 4.79 Å². The van der Waals surface area contributed by atoms with E-state index in [0.717, 1.165) is 37.3 Å². The summed E-state index contributed by atoms with van der Waals surface area (Å²) in [6.07, 6.45) is 1.02. The summed E-state index contributed by atoms with van der Waals surface area (Å²) in [5.74, 6) is 0.0557. The number of fused-ring (bicyclic) bond motifs is 1. The van der Waals surface area contributed by atoms with Gasteiger partial charge in [-0.1, -0.05) is 13.0 Å². The molecule has 0 bridgehead atoms. The summed E-state index contributed by atoms with van der Waals surface area (Å²) in [6.45, 7) is 9.18. The first-order chi connectivity index (χ1) is 9.21. The number of hydrogen-bond acceptors (Lipinski definition) is 3. The third-order valence-electron chi connectivity index (χ3n) is 3.59. The molecule has 104 valence electrons. The summed E-state index contributed by atoms with van der Waals surface area (Å²) in [5.41, 5.74) is 3.18. The topological polar surface area (TPSA) is 44.4 Å². The zero-order valence-electron chi connectivity index (χ0n) is 12.0. The van der Waals surface area contributed by atoms with Crippen LogP contribution in [0.5, 0.6) is 0 Å². The maximum absolute atomic E-state index is 12.0. The minimum absolute atomic E-state index is 0.0557. The van der Waals surface area contributed by atoms with Gasteiger partial charge in [-0.25, -0.2) is 0 Å². The Morgan fingerprint density at radius 1 is 1.26 bits per heavy atom. The minimum Gasteiger partial charge on any atom is -0.372 e. The highest BCUT2D eigenvalue weighted by Gasteiger charge is 2.30. The molecule has 19 heavy (non-hydrogen) atoms. The second-order valence-electron chi connectivity index (χ2n) is 4.82. The van der Waals surface area contributed by atoms with Crippen molar-refractivity contribution in [3.05, 3.63) is 23.8 Å². The minimum atomic E-state index is -0.194. The summed E-state index contributed by atoms with van der Waals surface area (Å²) in [7, 11) is 0. The van der Waals surface area contributed by atoms with Crippen molar-refractivity contribution in [3.63, 3.8) is 0 Å². The molecule has 1 heterocycles. The lowest BCUT2D eigenvalue weighted by Crippen LogP contribution is -2.27. The van der Waals surface area contributed by atoms with E-state index in [1.807, 2.05) is 0 Å². The number of rotatable bonds is 6. The molecule has 1 aromatic rings. The van der Waals surface area contributed by atoms with E-state index in [2.05, 4.69) is 54.5 Å². The van der Waals surface area contributed by atoms with Gasteiger partial charge in [0, 0.05) is 30.0 Å². The first kappa shape index (κ1) is 13.9. The highest BCUT2D eigenvalue weighted by Crippen LogP contribution is 2.34. The Morgan fingerprint density at radius 2 is 2.00 bits per heavy atom. The molecule has 1 aromatic carbocycles. The van der Waals surface area contributed by atoms with Gasteiger partial charge in [0.05, 0.1) is 0 Å². The fourth-order valence-electron chi connectivity index (χ4n) is 2.53. The number of carbonyl (C=O) groups excluding carboxylic acids is 1. The number of amides is 1. The Morgan fingerprint density at radius 3 is 2.63 bits per heavy atom. The zero-order chi connectivity index (χ0) is 13.8. The second-order valence-corrected chi connectivity index (χ2v) is 4.82. The smallest absolute Gasteiger partial charge is 0.246 e. The molecule has 0 radical (unpaired) electrons. The first-order valence-corrected chi connectivity index (χ1v) is 7.14. The summed E-state index contributed by atoms with van der Waals surface area (Å²) in [4.78, 5) is 14.2. The maximum Gasteiger partial charge on any atom is 0.246 e. The quantitative estimate of drug-likeness (QED) is 0.827. The van der Waals surface area contributed by atoms with E-state index < -0.39 is 0 Å². The number of benzene rings is 1. The predicted octanol–water partition coefficient (Wildman–Crippen LogP) is 2.53. The van der Waals surface area contributed by atoms with Gasteiger partial charge in [-0.05, 0) is 38.9 Å². The Labute approximate surface area is 115 Å². The lowest BCUT2D eigenvalue weighted by molar-refractivity contribution is -0.117. The van der Waals surface area contributed by atoms with Gasteiger partial charge in [0.1, 0.15) is 6.04 Å². The van der Waals surface area contributed by atoms with Crippen molar-refractivity contribution in [1.29, 1.82) is 0 Å². The Kier molecular flexibility index (Phi) is 4.43. The molecule has 0 saturated heterocycles. The monoisotopic (exact) mass is 261 g/mol. The highest BCUT2D eigenvalue weighted by atomic mass is 16.2. The van der Waals surface area contributed by atoms with E-state index >= 15 is 0 Å². The number of nitrogens with zero attached hydrogens (tertiary/aromatic N) is 1. The Balaban J connectivity index is 2.23. The van der Waals surface area contributed by atoms with Crippen LogP contribution in [0.1, 0.15) is 38.8 Å². The molecule has 2 N–H and O–H groups in total. The fourth-order valence-corrected chi connectivity index (χ4v) is 2.53. The molecule has 1 unspecified atom stereocenters. The second kappa shape index (κ2) is 6.06. The molecule has 4 heteroatoms. The number of carbonyl (C=O) groups is 1. The van der Waals surface area contributed by atoms with Gasteiger partial charge < -0.3 is 15.5 Å². The molecule has 1 atom stereocenters. The van der Waals surface area contributed by atoms with Crippen molar-refractivity contribution in [2.24, 2.45) is 0 Å². The normalized spacial score (nSPS) is 17.2. The van der Waals surface area contributed by atoms with Crippen LogP contribution in [-0.2, 0) is 4.79 Å². The summed E-state index contributed by atoms with van der Waals surface area (Å²) >= 11 is 0. The van der Waals surface area contributed by atoms with E-state index in [1.54, 1.807) is 0 Å². The van der Waals surface area contributed by atoms with Crippen molar-refractivity contribution in [2.45, 2.75) is 33.2 Å². The van der Waals surface area contributed by atoms with E-state index in [1.165, 1.54) is 5.69 Å². The Bertz CT molecular complexity index is 455. The Hall–Kier alpha value is -1.55. The molecular weight excluding hydrogens is 238 g/mol. The summed E-state index contributed by atoms with van der Waals surface area (Å²) in [6, 6.07) is 6.05. The summed E-state index contributed by atoms with van der Waals surface area (Å²) in [5, 5.41) is 6.26. The zero-order valence-corrected chi connectivity index (χ0v) is 12.0. The number of hydrogen-bond donors (Lipinski definition) is 2. The fraction of sp³-hybridized carbons (Fsp3) is 0.533. The van der Waals surface area contributed by atoms with Crippen molar-refractivity contribution in [3.8, 4) is 0 Å². The van der Waals surface area contributed by atoms with Crippen LogP contribution in [0.2, 0.25) is 0 Å². The van der Waals surface area contributed by atoms with Crippen LogP contribution in [0.4, 0.5) is 11.4 Å². The summed E-state index contributed by atoms with van der Waals surface area (Å²) < 4.78 is 0. The number of nitrogens with one attached hydrogen (secondary N) is 2. The SMILES string of the molecule is CCCNC1C(=O)Nc2cc(N(CC)CC)ccc21. The number of anilines is 2. The van der Waals surface area contributed by atoms with Crippen molar-refractivity contribution in [2.75, 3.05) is 29.9 Å². The van der Waals surface area contributed by atoms with Crippen LogP contribution in [0, 0.1) is 0 Å². The third kappa shape index (κ3) is 2.73. The van der Waals surface area contributed by atoms with Gasteiger partial charge in [0.15, 0.2) is 0 Å². The lowest BCUT2D eigenvalue weighted by atomic mass is 10.1. The first-order valence-electron chi connectivity index (χ1n) is 7.14. The molecule has 2 rings (SSSR count). The van der Waals surface area contributed by atoms with Crippen LogP contribution in [0.3, 0.4) is 0 Å². The van der Waals surface area contributed by atoms with Gasteiger partial charge >= 0.3 is 0 Å². The molecule has 1 amide bonds. The van der Waals surface area contributed by atoms with E-state index in [9.17, 15) is 4.79 Å². The third-order valence-corrected chi connectivity index (χ3v) is 3.59. The van der Waals surface area contributed by atoms with E-state index in [-0.39, 0.29) is 11.9 Å². The largest absolute Gasteiger partial charge is 0.372 e. The average molecular weight is 261 g/mol. The highest BCUT2D eigenvalue weighted by molar-refractivity contribution is 6.03. The lowest BCUT2D eigenvalue weighted by Gasteiger charge is -2.21. The standard InChI is InChI=1S/C15H23N3O/c1-4-9-16-14-12-8-7-11(18(5-2)6-3)10-13(12)17-15(14)19/h7-8,10,14,16H,4-6,9H2,1-3H3,(H,17,19). The van der Waals surface area contributed by atoms with Gasteiger partial charge in [-0.15, -0.1) is 0 Å². The van der Waals surface area contributed by atoms with Crippen LogP contribution < -0.4 is 15.5 Å². The van der Waals surface area contributed by atoms with Crippen LogP contribution >= 0.6 is 0 Å². The molecule has 1 aliphatic heterocycles. The molecule has 0 spiro atoms. The van der Waals surface area contributed by atoms with Crippen LogP contribution in [-0.4, -0.2) is 25.5 Å². The predicted molar refractivity (Wildman–Crippen MR) is 79.7 cm³/mol. The van der Waals surface area contributed by atoms with Gasteiger partial charge in [-0.2, -0.15) is 0 Å². The molecule has 0 fully saturated rings. The van der Waals surface area contributed by atoms with Gasteiger partial charge in [0.25, 0.3) is 0 Å². The molecular formula is C15H23N3O. The molecule has 0 saturated carbocycles. The maximum atomic E-state index is 12.0. The van der Waals surface area contributed by atoms with E-state index in [4.69, 9.17) is 0 Å². The van der Waals surface area contributed by atoms with Crippen LogP contribution in [0.15, 0.2) is 18.2 Å². The van der Waals surface area contributed by atoms with Crippen molar-refractivity contribution >= 4 is 17.3 Å². The molecule has 1 aliphatic rings. The molecule has 0 aliphatic carbocycles.